The van der Waals surface area contributed by atoms with E-state index < -0.39 is 9.84 Å². The normalized spacial score (nSPS) is 11.6. The van der Waals surface area contributed by atoms with Gasteiger partial charge in [-0.3, -0.25) is 0 Å². The third-order valence-corrected chi connectivity index (χ3v) is 6.45. The molecular formula is C22H20N2O5S. The Labute approximate surface area is 174 Å². The van der Waals surface area contributed by atoms with Gasteiger partial charge in [-0.15, -0.1) is 0 Å². The van der Waals surface area contributed by atoms with Crippen molar-refractivity contribution in [3.05, 3.63) is 71.5 Å². The van der Waals surface area contributed by atoms with Gasteiger partial charge >= 0.3 is 0 Å². The average molecular weight is 424 g/mol. The summed E-state index contributed by atoms with van der Waals surface area (Å²) in [5.74, 6) is 1.45. The number of nitrogens with zero attached hydrogens (tertiary/aromatic N) is 2. The maximum atomic E-state index is 12.7. The van der Waals surface area contributed by atoms with Crippen molar-refractivity contribution in [1.82, 2.24) is 10.1 Å². The van der Waals surface area contributed by atoms with Gasteiger partial charge in [0.25, 0.3) is 5.89 Å². The van der Waals surface area contributed by atoms with Crippen LogP contribution >= 0.6 is 0 Å². The monoisotopic (exact) mass is 424 g/mol. The third kappa shape index (κ3) is 3.86. The first-order chi connectivity index (χ1) is 14.4. The fraction of sp³-hybridized carbons (Fsp3) is 0.182. The van der Waals surface area contributed by atoms with Crippen molar-refractivity contribution < 1.29 is 22.1 Å². The summed E-state index contributed by atoms with van der Waals surface area (Å²) >= 11 is 0. The molecule has 2 heterocycles. The van der Waals surface area contributed by atoms with Crippen LogP contribution in [0.15, 0.2) is 68.4 Å². The number of methoxy groups -OCH3 is 1. The van der Waals surface area contributed by atoms with Gasteiger partial charge in [-0.2, -0.15) is 4.98 Å². The van der Waals surface area contributed by atoms with E-state index in [4.69, 9.17) is 13.7 Å². The molecule has 0 spiro atoms. The van der Waals surface area contributed by atoms with E-state index in [1.807, 2.05) is 32.0 Å². The molecule has 0 fully saturated rings. The quantitative estimate of drug-likeness (QED) is 0.446. The van der Waals surface area contributed by atoms with Crippen LogP contribution in [-0.2, 0) is 15.6 Å². The van der Waals surface area contributed by atoms with Gasteiger partial charge in [0, 0.05) is 0 Å². The minimum Gasteiger partial charge on any atom is -0.496 e. The Hall–Kier alpha value is -3.39. The molecule has 2 aromatic carbocycles. The highest BCUT2D eigenvalue weighted by molar-refractivity contribution is 7.90. The molecule has 0 aliphatic rings. The van der Waals surface area contributed by atoms with E-state index in [0.717, 1.165) is 11.1 Å². The molecule has 0 amide bonds. The molecule has 0 unspecified atom stereocenters. The Morgan fingerprint density at radius 1 is 1.00 bits per heavy atom. The van der Waals surface area contributed by atoms with Crippen molar-refractivity contribution in [2.45, 2.75) is 24.5 Å². The van der Waals surface area contributed by atoms with Crippen LogP contribution in [-0.4, -0.2) is 25.7 Å². The maximum Gasteiger partial charge on any atom is 0.293 e. The lowest BCUT2D eigenvalue weighted by Gasteiger charge is -2.05. The first-order valence-electron chi connectivity index (χ1n) is 9.23. The Kier molecular flexibility index (Phi) is 5.17. The van der Waals surface area contributed by atoms with Crippen LogP contribution in [0.2, 0.25) is 0 Å². The molecule has 8 heteroatoms. The molecule has 0 saturated heterocycles. The molecule has 0 N–H and O–H groups in total. The summed E-state index contributed by atoms with van der Waals surface area (Å²) < 4.78 is 41.8. The smallest absolute Gasteiger partial charge is 0.293 e. The molecule has 154 valence electrons. The number of benzene rings is 2. The lowest BCUT2D eigenvalue weighted by Crippen LogP contribution is -2.05. The number of sulfone groups is 1. The minimum atomic E-state index is -3.55. The predicted molar refractivity (Wildman–Crippen MR) is 111 cm³/mol. The molecule has 0 atom stereocenters. The van der Waals surface area contributed by atoms with Crippen LogP contribution in [0.1, 0.15) is 16.9 Å². The molecule has 7 nitrogen and oxygen atoms in total. The Morgan fingerprint density at radius 2 is 1.80 bits per heavy atom. The van der Waals surface area contributed by atoms with E-state index in [9.17, 15) is 8.42 Å². The molecule has 0 aliphatic carbocycles. The van der Waals surface area contributed by atoms with Gasteiger partial charge in [-0.1, -0.05) is 23.4 Å². The van der Waals surface area contributed by atoms with Crippen LogP contribution in [0.3, 0.4) is 0 Å². The highest BCUT2D eigenvalue weighted by Crippen LogP contribution is 2.30. The van der Waals surface area contributed by atoms with Gasteiger partial charge in [0.2, 0.25) is 5.82 Å². The fourth-order valence-electron chi connectivity index (χ4n) is 3.01. The lowest BCUT2D eigenvalue weighted by atomic mass is 10.1. The van der Waals surface area contributed by atoms with Crippen molar-refractivity contribution in [1.29, 1.82) is 0 Å². The zero-order chi connectivity index (χ0) is 21.3. The van der Waals surface area contributed by atoms with E-state index in [-0.39, 0.29) is 16.5 Å². The lowest BCUT2D eigenvalue weighted by molar-refractivity contribution is 0.408. The van der Waals surface area contributed by atoms with Crippen molar-refractivity contribution >= 4 is 9.84 Å². The molecule has 0 saturated carbocycles. The van der Waals surface area contributed by atoms with Crippen LogP contribution < -0.4 is 4.74 Å². The average Bonchev–Trinajstić information content (AvgIpc) is 3.39. The highest BCUT2D eigenvalue weighted by Gasteiger charge is 2.21. The van der Waals surface area contributed by atoms with Gasteiger partial charge in [0.1, 0.15) is 17.3 Å². The van der Waals surface area contributed by atoms with Crippen LogP contribution in [0, 0.1) is 13.8 Å². The van der Waals surface area contributed by atoms with Crippen molar-refractivity contribution in [2.24, 2.45) is 0 Å². The van der Waals surface area contributed by atoms with E-state index in [1.54, 1.807) is 43.5 Å². The van der Waals surface area contributed by atoms with E-state index in [0.29, 0.717) is 28.7 Å². The van der Waals surface area contributed by atoms with Gasteiger partial charge in [0.15, 0.2) is 15.6 Å². The third-order valence-electron chi connectivity index (χ3n) is 4.82. The summed E-state index contributed by atoms with van der Waals surface area (Å²) in [5.41, 5.74) is 2.64. The molecule has 4 rings (SSSR count). The number of hydrogen-bond donors (Lipinski definition) is 0. The van der Waals surface area contributed by atoms with Crippen molar-refractivity contribution in [3.63, 3.8) is 0 Å². The van der Waals surface area contributed by atoms with Gasteiger partial charge in [0.05, 0.1) is 17.6 Å². The predicted octanol–water partition coefficient (Wildman–Crippen LogP) is 4.60. The molecule has 0 radical (unpaired) electrons. The van der Waals surface area contributed by atoms with Crippen LogP contribution in [0.5, 0.6) is 5.75 Å². The SMILES string of the molecule is COc1ccccc1-c1noc(-c2ccc(CS(=O)(=O)c3ccc(C)c(C)c3)o2)n1. The number of hydrogen-bond acceptors (Lipinski definition) is 7. The van der Waals surface area contributed by atoms with Crippen LogP contribution in [0.4, 0.5) is 0 Å². The number of furan rings is 1. The summed E-state index contributed by atoms with van der Waals surface area (Å²) in [4.78, 5) is 4.61. The minimum absolute atomic E-state index is 0.158. The number of rotatable bonds is 6. The fourth-order valence-corrected chi connectivity index (χ4v) is 4.34. The molecular weight excluding hydrogens is 404 g/mol. The van der Waals surface area contributed by atoms with E-state index >= 15 is 0 Å². The van der Waals surface area contributed by atoms with Crippen LogP contribution in [0.25, 0.3) is 23.0 Å². The topological polar surface area (TPSA) is 95.4 Å². The standard InChI is InChI=1S/C22H20N2O5S/c1-14-8-10-17(12-15(14)2)30(25,26)13-16-9-11-20(28-16)22-23-21(24-29-22)18-6-4-5-7-19(18)27-3/h4-12H,13H2,1-3H3. The van der Waals surface area contributed by atoms with E-state index in [2.05, 4.69) is 10.1 Å². The van der Waals surface area contributed by atoms with Gasteiger partial charge in [-0.25, -0.2) is 8.42 Å². The largest absolute Gasteiger partial charge is 0.496 e. The highest BCUT2D eigenvalue weighted by atomic mass is 32.2. The van der Waals surface area contributed by atoms with Crippen molar-refractivity contribution in [2.75, 3.05) is 7.11 Å². The second-order valence-corrected chi connectivity index (χ2v) is 8.88. The summed E-state index contributed by atoms with van der Waals surface area (Å²) in [5, 5.41) is 3.98. The second-order valence-electron chi connectivity index (χ2n) is 6.89. The van der Waals surface area contributed by atoms with E-state index in [1.165, 1.54) is 0 Å². The Bertz CT molecular complexity index is 1300. The molecule has 4 aromatic rings. The summed E-state index contributed by atoms with van der Waals surface area (Å²) in [6.45, 7) is 3.82. The second kappa shape index (κ2) is 7.79. The Balaban J connectivity index is 1.58. The number of aryl methyl sites for hydroxylation is 2. The molecule has 2 aromatic heterocycles. The zero-order valence-electron chi connectivity index (χ0n) is 16.7. The molecule has 30 heavy (non-hydrogen) atoms. The summed E-state index contributed by atoms with van der Waals surface area (Å²) in [7, 11) is -1.98. The Morgan fingerprint density at radius 3 is 2.57 bits per heavy atom. The molecule has 0 aliphatic heterocycles. The van der Waals surface area contributed by atoms with Gasteiger partial charge < -0.3 is 13.7 Å². The number of aromatic nitrogens is 2. The number of para-hydroxylation sites is 1. The van der Waals surface area contributed by atoms with Crippen molar-refractivity contribution in [3.8, 4) is 28.8 Å². The summed E-state index contributed by atoms with van der Waals surface area (Å²) in [6.07, 6.45) is 0. The maximum absolute atomic E-state index is 12.7. The number of ether oxygens (including phenoxy) is 1. The first kappa shape index (κ1) is 19.9. The van der Waals surface area contributed by atoms with Gasteiger partial charge in [-0.05, 0) is 61.4 Å². The first-order valence-corrected chi connectivity index (χ1v) is 10.9. The molecule has 0 bridgehead atoms. The summed E-state index contributed by atoms with van der Waals surface area (Å²) in [6, 6.07) is 15.6. The zero-order valence-corrected chi connectivity index (χ0v) is 17.6.